The largest absolute Gasteiger partial charge is 0.385 e. The van der Waals surface area contributed by atoms with Crippen LogP contribution in [0.4, 0.5) is 0 Å². The first-order chi connectivity index (χ1) is 4.68. The molecule has 0 aromatic heterocycles. The fourth-order valence-corrected chi connectivity index (χ4v) is 0.203. The first kappa shape index (κ1) is 12.3. The van der Waals surface area contributed by atoms with Gasteiger partial charge in [-0.1, -0.05) is 0 Å². The van der Waals surface area contributed by atoms with E-state index in [1.54, 1.807) is 7.11 Å². The van der Waals surface area contributed by atoms with Crippen molar-refractivity contribution in [3.63, 3.8) is 0 Å². The second kappa shape index (κ2) is 11.4. The average molecular weight is 148 g/mol. The summed E-state index contributed by atoms with van der Waals surface area (Å²) >= 11 is 0. The Bertz CT molecular complexity index is 69.3. The maximum atomic E-state index is 9.92. The van der Waals surface area contributed by atoms with E-state index in [-0.39, 0.29) is 12.4 Å². The van der Waals surface area contributed by atoms with Crippen molar-refractivity contribution in [3.8, 4) is 0 Å². The summed E-state index contributed by atoms with van der Waals surface area (Å²) in [5, 5.41) is 0. The maximum Gasteiger partial charge on any atom is 0.155 e. The lowest BCUT2D eigenvalue weighted by Crippen LogP contribution is -1.98. The van der Waals surface area contributed by atoms with Gasteiger partial charge in [-0.2, -0.15) is 0 Å². The quantitative estimate of drug-likeness (QED) is 0.596. The maximum absolute atomic E-state index is 9.92. The first-order valence-corrected chi connectivity index (χ1v) is 3.16. The fourth-order valence-electron chi connectivity index (χ4n) is 0.203. The van der Waals surface area contributed by atoms with Gasteiger partial charge in [0.05, 0.1) is 0 Å². The fraction of sp³-hybridized carbons (Fsp3) is 0.857. The Morgan fingerprint density at radius 2 is 1.70 bits per heavy atom. The number of hydrogen-bond donors (Lipinski definition) is 0. The van der Waals surface area contributed by atoms with Crippen molar-refractivity contribution in [3.05, 3.63) is 0 Å². The van der Waals surface area contributed by atoms with Crippen LogP contribution in [0.25, 0.3) is 0 Å². The van der Waals surface area contributed by atoms with E-state index >= 15 is 0 Å². The van der Waals surface area contributed by atoms with Crippen LogP contribution in [-0.2, 0) is 14.3 Å². The lowest BCUT2D eigenvalue weighted by Gasteiger charge is -1.84. The Hall–Kier alpha value is -0.410. The summed E-state index contributed by atoms with van der Waals surface area (Å²) in [5.74, 6) is 0.0671. The molecule has 62 valence electrons. The Balaban J connectivity index is 0. The van der Waals surface area contributed by atoms with E-state index in [0.717, 1.165) is 6.61 Å². The number of methoxy groups -OCH3 is 2. The molecule has 0 N–H and O–H groups in total. The highest BCUT2D eigenvalue weighted by Gasteiger charge is 1.83. The second-order valence-electron chi connectivity index (χ2n) is 1.71. The molecule has 0 saturated carbocycles. The summed E-state index contributed by atoms with van der Waals surface area (Å²) in [7, 11) is 3.18. The number of ketones is 1. The lowest BCUT2D eigenvalue weighted by molar-refractivity contribution is -0.120. The van der Waals surface area contributed by atoms with Gasteiger partial charge in [-0.3, -0.25) is 4.79 Å². The van der Waals surface area contributed by atoms with Gasteiger partial charge < -0.3 is 9.47 Å². The highest BCUT2D eigenvalue weighted by Crippen LogP contribution is 1.65. The highest BCUT2D eigenvalue weighted by atomic mass is 16.5. The molecule has 10 heavy (non-hydrogen) atoms. The topological polar surface area (TPSA) is 35.5 Å². The zero-order valence-corrected chi connectivity index (χ0v) is 7.14. The molecule has 0 atom stereocenters. The van der Waals surface area contributed by atoms with Gasteiger partial charge in [-0.05, 0) is 13.8 Å². The smallest absolute Gasteiger partial charge is 0.155 e. The SMILES string of the molecule is CCOC.COCC(C)=O. The van der Waals surface area contributed by atoms with Crippen LogP contribution in [-0.4, -0.2) is 33.2 Å². The molecule has 0 aromatic carbocycles. The van der Waals surface area contributed by atoms with E-state index in [0.29, 0.717) is 0 Å². The van der Waals surface area contributed by atoms with Crippen LogP contribution < -0.4 is 0 Å². The third-order valence-electron chi connectivity index (χ3n) is 0.636. The predicted molar refractivity (Wildman–Crippen MR) is 40.1 cm³/mol. The summed E-state index contributed by atoms with van der Waals surface area (Å²) in [4.78, 5) is 9.92. The van der Waals surface area contributed by atoms with Crippen LogP contribution in [0.2, 0.25) is 0 Å². The average Bonchev–Trinajstić information content (AvgIpc) is 1.89. The minimum absolute atomic E-state index is 0.0671. The minimum atomic E-state index is 0.0671. The van der Waals surface area contributed by atoms with Gasteiger partial charge in [-0.15, -0.1) is 0 Å². The number of Topliss-reactive ketones (excluding diaryl/α,β-unsaturated/α-hetero) is 1. The molecule has 0 spiro atoms. The molecule has 0 aromatic rings. The van der Waals surface area contributed by atoms with Gasteiger partial charge >= 0.3 is 0 Å². The Kier molecular flexibility index (Phi) is 14.0. The molecule has 0 radical (unpaired) electrons. The van der Waals surface area contributed by atoms with Crippen molar-refractivity contribution in [1.82, 2.24) is 0 Å². The Morgan fingerprint density at radius 1 is 1.30 bits per heavy atom. The normalized spacial score (nSPS) is 8.00. The number of hydrogen-bond acceptors (Lipinski definition) is 3. The summed E-state index contributed by atoms with van der Waals surface area (Å²) in [6, 6.07) is 0. The monoisotopic (exact) mass is 148 g/mol. The molecule has 0 fully saturated rings. The molecule has 0 amide bonds. The molecule has 0 rings (SSSR count). The van der Waals surface area contributed by atoms with E-state index in [4.69, 9.17) is 0 Å². The molecule has 0 heterocycles. The number of carbonyl (C=O) groups excluding carboxylic acids is 1. The summed E-state index contributed by atoms with van der Waals surface area (Å²) < 4.78 is 9.00. The van der Waals surface area contributed by atoms with Gasteiger partial charge in [0.1, 0.15) is 6.61 Å². The zero-order chi connectivity index (χ0) is 8.41. The second-order valence-corrected chi connectivity index (χ2v) is 1.71. The van der Waals surface area contributed by atoms with Crippen molar-refractivity contribution < 1.29 is 14.3 Å². The van der Waals surface area contributed by atoms with E-state index in [1.165, 1.54) is 14.0 Å². The molecular weight excluding hydrogens is 132 g/mol. The van der Waals surface area contributed by atoms with Crippen molar-refractivity contribution in [2.75, 3.05) is 27.4 Å². The van der Waals surface area contributed by atoms with Crippen molar-refractivity contribution in [1.29, 1.82) is 0 Å². The van der Waals surface area contributed by atoms with Crippen molar-refractivity contribution >= 4 is 5.78 Å². The van der Waals surface area contributed by atoms with E-state index < -0.39 is 0 Å². The molecule has 0 aliphatic rings. The van der Waals surface area contributed by atoms with Crippen LogP contribution in [0.15, 0.2) is 0 Å². The van der Waals surface area contributed by atoms with Crippen molar-refractivity contribution in [2.45, 2.75) is 13.8 Å². The molecule has 0 saturated heterocycles. The predicted octanol–water partition coefficient (Wildman–Crippen LogP) is 0.875. The van der Waals surface area contributed by atoms with Gasteiger partial charge in [0, 0.05) is 20.8 Å². The van der Waals surface area contributed by atoms with Crippen LogP contribution in [0, 0.1) is 0 Å². The first-order valence-electron chi connectivity index (χ1n) is 3.16. The van der Waals surface area contributed by atoms with Crippen LogP contribution in [0.1, 0.15) is 13.8 Å². The third-order valence-corrected chi connectivity index (χ3v) is 0.636. The molecule has 3 heteroatoms. The van der Waals surface area contributed by atoms with Crippen LogP contribution in [0.5, 0.6) is 0 Å². The van der Waals surface area contributed by atoms with Gasteiger partial charge in [0.15, 0.2) is 5.78 Å². The van der Waals surface area contributed by atoms with Crippen LogP contribution >= 0.6 is 0 Å². The Labute approximate surface area is 62.3 Å². The summed E-state index contributed by atoms with van der Waals surface area (Å²) in [6.07, 6.45) is 0. The van der Waals surface area contributed by atoms with Gasteiger partial charge in [0.25, 0.3) is 0 Å². The molecule has 0 unspecified atom stereocenters. The van der Waals surface area contributed by atoms with E-state index in [2.05, 4.69) is 9.47 Å². The van der Waals surface area contributed by atoms with Gasteiger partial charge in [0.2, 0.25) is 0 Å². The summed E-state index contributed by atoms with van der Waals surface area (Å²) in [6.45, 7) is 4.50. The standard InChI is InChI=1S/C4H8O2.C3H8O/c1-4(5)3-6-2;1-3-4-2/h3H2,1-2H3;3H2,1-2H3. The molecule has 0 aliphatic carbocycles. The third kappa shape index (κ3) is 25.6. The van der Waals surface area contributed by atoms with Crippen molar-refractivity contribution in [2.24, 2.45) is 0 Å². The zero-order valence-electron chi connectivity index (χ0n) is 7.14. The minimum Gasteiger partial charge on any atom is -0.385 e. The number of carbonyl (C=O) groups is 1. The molecule has 0 bridgehead atoms. The van der Waals surface area contributed by atoms with E-state index in [1.807, 2.05) is 6.92 Å². The van der Waals surface area contributed by atoms with Crippen LogP contribution in [0.3, 0.4) is 0 Å². The molecular formula is C7H16O3. The molecule has 0 aliphatic heterocycles. The highest BCUT2D eigenvalue weighted by molar-refractivity contribution is 5.76. The summed E-state index contributed by atoms with van der Waals surface area (Å²) in [5.41, 5.74) is 0. The number of ether oxygens (including phenoxy) is 2. The van der Waals surface area contributed by atoms with E-state index in [9.17, 15) is 4.79 Å². The number of rotatable bonds is 3. The Morgan fingerprint density at radius 3 is 1.70 bits per heavy atom. The lowest BCUT2D eigenvalue weighted by atomic mass is 10.5. The molecule has 3 nitrogen and oxygen atoms in total. The van der Waals surface area contributed by atoms with Gasteiger partial charge in [-0.25, -0.2) is 0 Å².